The zero-order valence-corrected chi connectivity index (χ0v) is 51.6. The SMILES string of the molecule is CC.COCCC(=O)N1CCCC(c2cc(Nc3cc(C)ccn3)nc(C(C)N3CCC(c4cc(Nc5cc(C(F)(F)F)ccn5)nc(N5CCC(C)C5C)n4)C3)n2)C1.FC(F)(F)c1ccnc(Nc2cc(C3CCNCC3)nc(N3CC4CC3CO4)n2)c1. The first-order chi connectivity index (χ1) is 42.8. The zero-order valence-electron chi connectivity index (χ0n) is 51.6. The van der Waals surface area contributed by atoms with Gasteiger partial charge >= 0.3 is 12.4 Å². The molecular formula is C63H81F6N17O3. The third-order valence-corrected chi connectivity index (χ3v) is 17.7. The number of anilines is 8. The highest BCUT2D eigenvalue weighted by atomic mass is 19.4. The van der Waals surface area contributed by atoms with Gasteiger partial charge in [0.05, 0.1) is 66.0 Å². The molecule has 12 rings (SSSR count). The molecule has 6 aliphatic rings. The van der Waals surface area contributed by atoms with Crippen LogP contribution in [0, 0.1) is 12.8 Å². The van der Waals surface area contributed by atoms with Crippen LogP contribution in [0.25, 0.3) is 0 Å². The van der Waals surface area contributed by atoms with Gasteiger partial charge in [-0.2, -0.15) is 36.3 Å². The van der Waals surface area contributed by atoms with Crippen molar-refractivity contribution in [2.45, 2.75) is 147 Å². The minimum Gasteiger partial charge on any atom is -0.384 e. The molecule has 6 saturated heterocycles. The van der Waals surface area contributed by atoms with Gasteiger partial charge in [0, 0.05) is 100 Å². The second-order valence-corrected chi connectivity index (χ2v) is 23.7. The van der Waals surface area contributed by atoms with Crippen LogP contribution in [0.5, 0.6) is 0 Å². The predicted octanol–water partition coefficient (Wildman–Crippen LogP) is 11.5. The highest BCUT2D eigenvalue weighted by Gasteiger charge is 2.41. The van der Waals surface area contributed by atoms with E-state index in [1.54, 1.807) is 13.3 Å². The van der Waals surface area contributed by atoms with Crippen LogP contribution in [0.2, 0.25) is 0 Å². The van der Waals surface area contributed by atoms with Crippen molar-refractivity contribution in [3.8, 4) is 0 Å². The van der Waals surface area contributed by atoms with Gasteiger partial charge < -0.3 is 45.4 Å². The Morgan fingerprint density at radius 2 is 1.24 bits per heavy atom. The summed E-state index contributed by atoms with van der Waals surface area (Å²) in [6, 6.07) is 13.8. The van der Waals surface area contributed by atoms with Gasteiger partial charge in [0.15, 0.2) is 0 Å². The summed E-state index contributed by atoms with van der Waals surface area (Å²) in [7, 11) is 1.60. The number of methoxy groups -OCH3 is 1. The van der Waals surface area contributed by atoms with Crippen LogP contribution in [-0.4, -0.2) is 151 Å². The van der Waals surface area contributed by atoms with Crippen LogP contribution in [0.3, 0.4) is 0 Å². The number of fused-ring (bicyclic) bond motifs is 2. The molecule has 12 heterocycles. The number of halogens is 6. The molecule has 2 bridgehead atoms. The Bertz CT molecular complexity index is 3360. The van der Waals surface area contributed by atoms with Crippen LogP contribution in [-0.2, 0) is 26.6 Å². The fourth-order valence-corrected chi connectivity index (χ4v) is 12.5. The predicted molar refractivity (Wildman–Crippen MR) is 328 cm³/mol. The Labute approximate surface area is 515 Å². The maximum atomic E-state index is 13.6. The number of nitrogens with one attached hydrogen (secondary N) is 4. The molecule has 6 fully saturated rings. The van der Waals surface area contributed by atoms with Gasteiger partial charge in [-0.1, -0.05) is 20.8 Å². The first-order valence-corrected chi connectivity index (χ1v) is 31.1. The molecular weight excluding hydrogens is 1160 g/mol. The summed E-state index contributed by atoms with van der Waals surface area (Å²) in [5, 5.41) is 12.8. The highest BCUT2D eigenvalue weighted by Crippen LogP contribution is 2.39. The number of alkyl halides is 6. The van der Waals surface area contributed by atoms with Gasteiger partial charge in [-0.05, 0) is 133 Å². The second-order valence-electron chi connectivity index (χ2n) is 23.7. The van der Waals surface area contributed by atoms with Crippen molar-refractivity contribution < 1.29 is 40.6 Å². The molecule has 26 heteroatoms. The molecule has 7 atom stereocenters. The van der Waals surface area contributed by atoms with Gasteiger partial charge in [0.1, 0.15) is 40.7 Å². The van der Waals surface area contributed by atoms with Crippen molar-refractivity contribution in [1.29, 1.82) is 0 Å². The summed E-state index contributed by atoms with van der Waals surface area (Å²) in [6.07, 6.45) is 2.17. The number of morpholine rings is 1. The third kappa shape index (κ3) is 16.1. The molecule has 1 amide bonds. The largest absolute Gasteiger partial charge is 0.416 e. The normalized spacial score (nSPS) is 22.5. The lowest BCUT2D eigenvalue weighted by molar-refractivity contribution is -0.138. The molecule has 0 aliphatic carbocycles. The van der Waals surface area contributed by atoms with Gasteiger partial charge in [-0.15, -0.1) is 0 Å². The molecule has 6 aromatic rings. The Morgan fingerprint density at radius 1 is 0.663 bits per heavy atom. The first kappa shape index (κ1) is 64.6. The average molecular weight is 1240 g/mol. The van der Waals surface area contributed by atoms with E-state index in [1.165, 1.54) is 0 Å². The number of ether oxygens (including phenoxy) is 2. The number of hydrogen-bond donors (Lipinski definition) is 4. The quantitative estimate of drug-likeness (QED) is 0.0663. The van der Waals surface area contributed by atoms with Crippen LogP contribution < -0.4 is 31.1 Å². The van der Waals surface area contributed by atoms with E-state index in [0.29, 0.717) is 85.6 Å². The van der Waals surface area contributed by atoms with Gasteiger partial charge in [-0.25, -0.2) is 34.9 Å². The molecule has 0 radical (unpaired) electrons. The van der Waals surface area contributed by atoms with E-state index < -0.39 is 23.5 Å². The molecule has 4 N–H and O–H groups in total. The van der Waals surface area contributed by atoms with Crippen LogP contribution in [0.15, 0.2) is 73.2 Å². The van der Waals surface area contributed by atoms with Crippen molar-refractivity contribution in [1.82, 2.24) is 60.0 Å². The summed E-state index contributed by atoms with van der Waals surface area (Å²) in [6.45, 7) is 19.6. The number of aromatic nitrogens is 9. The molecule has 0 saturated carbocycles. The van der Waals surface area contributed by atoms with E-state index in [-0.39, 0.29) is 53.6 Å². The third-order valence-electron chi connectivity index (χ3n) is 17.7. The van der Waals surface area contributed by atoms with E-state index in [2.05, 4.69) is 76.7 Å². The zero-order chi connectivity index (χ0) is 63.0. The smallest absolute Gasteiger partial charge is 0.384 e. The van der Waals surface area contributed by atoms with E-state index >= 15 is 0 Å². The maximum absolute atomic E-state index is 13.6. The van der Waals surface area contributed by atoms with Crippen molar-refractivity contribution in [3.05, 3.63) is 113 Å². The summed E-state index contributed by atoms with van der Waals surface area (Å²) in [4.78, 5) is 63.9. The van der Waals surface area contributed by atoms with Crippen molar-refractivity contribution in [2.24, 2.45) is 5.92 Å². The van der Waals surface area contributed by atoms with Crippen LogP contribution >= 0.6 is 0 Å². The number of amides is 1. The Hall–Kier alpha value is -7.42. The number of carbonyl (C=O) groups is 1. The lowest BCUT2D eigenvalue weighted by Gasteiger charge is -2.33. The van der Waals surface area contributed by atoms with E-state index in [1.807, 2.05) is 56.0 Å². The lowest BCUT2D eigenvalue weighted by atomic mass is 9.94. The molecule has 0 aromatic carbocycles. The van der Waals surface area contributed by atoms with E-state index in [0.717, 1.165) is 144 Å². The Kier molecular flexibility index (Phi) is 20.7. The molecule has 7 unspecified atom stereocenters. The fourth-order valence-electron chi connectivity index (χ4n) is 12.5. The van der Waals surface area contributed by atoms with Crippen molar-refractivity contribution in [3.63, 3.8) is 0 Å². The number of nitrogens with zero attached hydrogens (tertiary/aromatic N) is 13. The van der Waals surface area contributed by atoms with E-state index in [4.69, 9.17) is 34.4 Å². The number of likely N-dealkylation sites (tertiary alicyclic amines) is 2. The monoisotopic (exact) mass is 1240 g/mol. The molecule has 6 aromatic heterocycles. The summed E-state index contributed by atoms with van der Waals surface area (Å²) in [5.41, 5.74) is 2.16. The molecule has 6 aliphatic heterocycles. The Morgan fingerprint density at radius 3 is 1.80 bits per heavy atom. The number of carbonyl (C=O) groups excluding carboxylic acids is 1. The van der Waals surface area contributed by atoms with Gasteiger partial charge in [-0.3, -0.25) is 9.69 Å². The maximum Gasteiger partial charge on any atom is 0.416 e. The van der Waals surface area contributed by atoms with Crippen molar-refractivity contribution in [2.75, 3.05) is 98.4 Å². The minimum absolute atomic E-state index is 0.0295. The standard InChI is InChI=1S/C41H52F3N11O2.C20H23F3N6O.C2H6/c1-25-8-13-45-34(19-25)49-36-21-32(29-7-6-15-54(24-29)38(56)12-18-57-5)47-39(51-36)28(4)53-16-11-30(23-53)33-22-37(50-35-20-31(9-14-46-35)41(42,43)44)52-40(48-33)55-17-10-26(2)27(55)3;21-20(22,23)13-3-6-25-17(7-13)27-18-9-16(12-1-4-24-5-2-12)26-19(28-18)29-10-15-8-14(29)11-30-15;1-2/h8-9,13-14,19-22,26-30H,6-7,10-12,15-18,23-24H2,1-5H3,(H,45,47,49,51)(H,46,48,50,52);3,6-7,9,12,14-15,24H,1-2,4-5,8,10-11H2,(H,25,26,27,28);1-2H3. The molecule has 20 nitrogen and oxygen atoms in total. The summed E-state index contributed by atoms with van der Waals surface area (Å²) < 4.78 is 90.7. The van der Waals surface area contributed by atoms with Gasteiger partial charge in [0.25, 0.3) is 0 Å². The summed E-state index contributed by atoms with van der Waals surface area (Å²) >= 11 is 0. The van der Waals surface area contributed by atoms with E-state index in [9.17, 15) is 31.1 Å². The first-order valence-electron chi connectivity index (χ1n) is 31.1. The number of rotatable bonds is 16. The number of aryl methyl sites for hydroxylation is 1. The number of piperidine rings is 2. The summed E-state index contributed by atoms with van der Waals surface area (Å²) in [5.74, 6) is 5.11. The molecule has 478 valence electrons. The van der Waals surface area contributed by atoms with Gasteiger partial charge in [0.2, 0.25) is 17.8 Å². The fraction of sp³-hybridized carbons (Fsp3) is 0.556. The molecule has 89 heavy (non-hydrogen) atoms. The van der Waals surface area contributed by atoms with Crippen LogP contribution in [0.4, 0.5) is 73.1 Å². The molecule has 0 spiro atoms. The topological polar surface area (TPSA) is 213 Å². The van der Waals surface area contributed by atoms with Crippen LogP contribution in [0.1, 0.15) is 149 Å². The number of pyridine rings is 3. The second kappa shape index (κ2) is 28.6. The Balaban J connectivity index is 0.000000228. The number of hydrogen-bond acceptors (Lipinski definition) is 19. The van der Waals surface area contributed by atoms with Crippen molar-refractivity contribution >= 4 is 52.7 Å². The minimum atomic E-state index is -4.50. The lowest BCUT2D eigenvalue weighted by Crippen LogP contribution is -2.39. The highest BCUT2D eigenvalue weighted by molar-refractivity contribution is 5.76. The average Bonchev–Trinajstić information content (AvgIpc) is 1.87.